The zero-order valence-electron chi connectivity index (χ0n) is 20.2. The van der Waals surface area contributed by atoms with Crippen molar-refractivity contribution in [2.45, 2.75) is 70.5 Å². The minimum atomic E-state index is -3.85. The maximum Gasteiger partial charge on any atom is 0.296 e. The molecule has 1 aliphatic rings. The zero-order valence-corrected chi connectivity index (χ0v) is 21.0. The highest BCUT2D eigenvalue weighted by Crippen LogP contribution is 2.32. The summed E-state index contributed by atoms with van der Waals surface area (Å²) in [6, 6.07) is 16.6. The van der Waals surface area contributed by atoms with Crippen molar-refractivity contribution in [1.82, 2.24) is 0 Å². The van der Waals surface area contributed by atoms with Gasteiger partial charge >= 0.3 is 0 Å². The molecule has 0 bridgehead atoms. The van der Waals surface area contributed by atoms with Gasteiger partial charge in [-0.05, 0) is 44.9 Å². The molecule has 1 heterocycles. The van der Waals surface area contributed by atoms with Crippen LogP contribution in [-0.4, -0.2) is 39.6 Å². The molecule has 7 heteroatoms. The Balaban J connectivity index is 1.71. The lowest BCUT2D eigenvalue weighted by Gasteiger charge is -2.42. The van der Waals surface area contributed by atoms with E-state index in [0.29, 0.717) is 13.2 Å². The summed E-state index contributed by atoms with van der Waals surface area (Å²) in [6.45, 7) is 10.8. The van der Waals surface area contributed by atoms with Crippen LogP contribution in [0.2, 0.25) is 0 Å². The van der Waals surface area contributed by atoms with Crippen LogP contribution in [0.5, 0.6) is 0 Å². The van der Waals surface area contributed by atoms with Crippen LogP contribution >= 0.6 is 0 Å². The summed E-state index contributed by atoms with van der Waals surface area (Å²) in [7, 11) is -3.85. The minimum absolute atomic E-state index is 0.0116. The van der Waals surface area contributed by atoms with Gasteiger partial charge in [0.1, 0.15) is 0 Å². The molecule has 1 aliphatic heterocycles. The number of hydrogen-bond acceptors (Lipinski definition) is 6. The highest BCUT2D eigenvalue weighted by Gasteiger charge is 2.38. The molecule has 1 saturated heterocycles. The van der Waals surface area contributed by atoms with Gasteiger partial charge in [-0.15, -0.1) is 0 Å². The van der Waals surface area contributed by atoms with Crippen molar-refractivity contribution in [3.8, 4) is 0 Å². The molecule has 0 unspecified atom stereocenters. The highest BCUT2D eigenvalue weighted by molar-refractivity contribution is 7.86. The van der Waals surface area contributed by atoms with E-state index in [-0.39, 0.29) is 35.5 Å². The fourth-order valence-electron chi connectivity index (χ4n) is 4.13. The Bertz CT molecular complexity index is 972. The molecule has 0 aliphatic carbocycles. The summed E-state index contributed by atoms with van der Waals surface area (Å²) in [4.78, 5) is 0.157. The minimum Gasteiger partial charge on any atom is -0.373 e. The molecule has 182 valence electrons. The van der Waals surface area contributed by atoms with E-state index in [1.54, 1.807) is 24.3 Å². The maximum absolute atomic E-state index is 12.7. The van der Waals surface area contributed by atoms with Gasteiger partial charge < -0.3 is 14.2 Å². The molecule has 3 rings (SSSR count). The quantitative estimate of drug-likeness (QED) is 0.444. The molecule has 33 heavy (non-hydrogen) atoms. The normalized spacial score (nSPS) is 21.3. The highest BCUT2D eigenvalue weighted by atomic mass is 32.2. The van der Waals surface area contributed by atoms with E-state index in [1.165, 1.54) is 0 Å². The van der Waals surface area contributed by atoms with Gasteiger partial charge in [0.05, 0.1) is 36.9 Å². The number of ether oxygens (including phenoxy) is 3. The van der Waals surface area contributed by atoms with Crippen molar-refractivity contribution in [3.05, 3.63) is 65.7 Å². The van der Waals surface area contributed by atoms with E-state index in [9.17, 15) is 8.42 Å². The largest absolute Gasteiger partial charge is 0.373 e. The Hall–Kier alpha value is -1.77. The van der Waals surface area contributed by atoms with E-state index < -0.39 is 15.9 Å². The van der Waals surface area contributed by atoms with E-state index >= 15 is 0 Å². The van der Waals surface area contributed by atoms with Crippen molar-refractivity contribution in [1.29, 1.82) is 0 Å². The predicted molar refractivity (Wildman–Crippen MR) is 127 cm³/mol. The summed E-state index contributed by atoms with van der Waals surface area (Å²) >= 11 is 0. The maximum atomic E-state index is 12.7. The van der Waals surface area contributed by atoms with Gasteiger partial charge in [0, 0.05) is 11.8 Å². The van der Waals surface area contributed by atoms with Crippen LogP contribution in [0.25, 0.3) is 0 Å². The first-order valence-corrected chi connectivity index (χ1v) is 12.9. The smallest absolute Gasteiger partial charge is 0.296 e. The van der Waals surface area contributed by atoms with E-state index in [0.717, 1.165) is 17.5 Å². The molecule has 2 aromatic carbocycles. The third kappa shape index (κ3) is 7.36. The fourth-order valence-corrected chi connectivity index (χ4v) is 5.13. The Morgan fingerprint density at radius 2 is 1.73 bits per heavy atom. The van der Waals surface area contributed by atoms with Gasteiger partial charge in [-0.3, -0.25) is 4.18 Å². The summed E-state index contributed by atoms with van der Waals surface area (Å²) in [5.41, 5.74) is 2.05. The molecule has 0 spiro atoms. The average Bonchev–Trinajstić information content (AvgIpc) is 2.78. The molecule has 4 atom stereocenters. The first kappa shape index (κ1) is 25.8. The Kier molecular flexibility index (Phi) is 8.70. The van der Waals surface area contributed by atoms with Gasteiger partial charge in [-0.2, -0.15) is 8.42 Å². The Morgan fingerprint density at radius 1 is 1.06 bits per heavy atom. The van der Waals surface area contributed by atoms with Crippen molar-refractivity contribution in [2.24, 2.45) is 11.8 Å². The first-order valence-electron chi connectivity index (χ1n) is 11.5. The van der Waals surface area contributed by atoms with Crippen LogP contribution < -0.4 is 0 Å². The standard InChI is InChI=1S/C26H36O6S/c1-19-11-13-23(14-12-19)33(27,28)31-17-20(2)25(29-18-22-9-7-6-8-10-22)21(3)24-15-16-30-26(4,5)32-24/h6-14,20-21,24-25H,15-18H2,1-5H3/t20-,21+,24-,25-/m1/s1. The molecule has 2 aromatic rings. The summed E-state index contributed by atoms with van der Waals surface area (Å²) < 4.78 is 49.1. The van der Waals surface area contributed by atoms with E-state index in [4.69, 9.17) is 18.4 Å². The van der Waals surface area contributed by atoms with Crippen LogP contribution in [0.1, 0.15) is 45.2 Å². The Morgan fingerprint density at radius 3 is 2.36 bits per heavy atom. The monoisotopic (exact) mass is 476 g/mol. The van der Waals surface area contributed by atoms with Gasteiger partial charge in [0.25, 0.3) is 10.1 Å². The summed E-state index contributed by atoms with van der Waals surface area (Å²) in [5, 5.41) is 0. The first-order chi connectivity index (χ1) is 15.6. The molecule has 6 nitrogen and oxygen atoms in total. The van der Waals surface area contributed by atoms with Gasteiger partial charge in [-0.25, -0.2) is 0 Å². The van der Waals surface area contributed by atoms with Crippen LogP contribution in [0.4, 0.5) is 0 Å². The summed E-state index contributed by atoms with van der Waals surface area (Å²) in [6.07, 6.45) is 0.424. The van der Waals surface area contributed by atoms with Crippen LogP contribution in [0.15, 0.2) is 59.5 Å². The van der Waals surface area contributed by atoms with Crippen molar-refractivity contribution in [3.63, 3.8) is 0 Å². The predicted octanol–water partition coefficient (Wildman–Crippen LogP) is 5.10. The second kappa shape index (κ2) is 11.1. The Labute approximate surface area is 198 Å². The van der Waals surface area contributed by atoms with Crippen LogP contribution in [0, 0.1) is 18.8 Å². The lowest BCUT2D eigenvalue weighted by Crippen LogP contribution is -2.47. The SMILES string of the molecule is Cc1ccc(S(=O)(=O)OC[C@@H](C)[C@@H](OCc2ccccc2)[C@@H](C)[C@H]2CCOC(C)(C)O2)cc1. The molecule has 0 aromatic heterocycles. The lowest BCUT2D eigenvalue weighted by molar-refractivity contribution is -0.288. The molecular formula is C26H36O6S. The lowest BCUT2D eigenvalue weighted by atomic mass is 9.87. The second-order valence-electron chi connectivity index (χ2n) is 9.34. The molecule has 0 N–H and O–H groups in total. The van der Waals surface area contributed by atoms with Gasteiger partial charge in [0.2, 0.25) is 0 Å². The van der Waals surface area contributed by atoms with Gasteiger partial charge in [0.15, 0.2) is 5.79 Å². The second-order valence-corrected chi connectivity index (χ2v) is 11.0. The molecule has 0 saturated carbocycles. The van der Waals surface area contributed by atoms with E-state index in [2.05, 4.69) is 6.92 Å². The molecule has 0 amide bonds. The van der Waals surface area contributed by atoms with Crippen LogP contribution in [-0.2, 0) is 35.1 Å². The van der Waals surface area contributed by atoms with Gasteiger partial charge in [-0.1, -0.05) is 61.9 Å². The number of aryl methyl sites for hydroxylation is 1. The topological polar surface area (TPSA) is 71.1 Å². The molecule has 0 radical (unpaired) electrons. The van der Waals surface area contributed by atoms with Crippen molar-refractivity contribution < 1.29 is 26.8 Å². The van der Waals surface area contributed by atoms with Crippen molar-refractivity contribution >= 4 is 10.1 Å². The summed E-state index contributed by atoms with van der Waals surface area (Å²) in [5.74, 6) is -0.827. The number of rotatable bonds is 10. The zero-order chi connectivity index (χ0) is 24.1. The van der Waals surface area contributed by atoms with E-state index in [1.807, 2.05) is 58.0 Å². The number of benzene rings is 2. The fraction of sp³-hybridized carbons (Fsp3) is 0.538. The average molecular weight is 477 g/mol. The molecular weight excluding hydrogens is 440 g/mol. The third-order valence-electron chi connectivity index (χ3n) is 6.03. The van der Waals surface area contributed by atoms with Crippen LogP contribution in [0.3, 0.4) is 0 Å². The van der Waals surface area contributed by atoms with Crippen molar-refractivity contribution in [2.75, 3.05) is 13.2 Å². The molecule has 1 fully saturated rings. The number of hydrogen-bond donors (Lipinski definition) is 0. The third-order valence-corrected chi connectivity index (χ3v) is 7.33.